The second-order valence-electron chi connectivity index (χ2n) is 7.64. The highest BCUT2D eigenvalue weighted by Crippen LogP contribution is 2.17. The molecule has 0 radical (unpaired) electrons. The van der Waals surface area contributed by atoms with Crippen LogP contribution in [0.15, 0.2) is 22.5 Å². The number of nitrogens with zero attached hydrogens (tertiary/aromatic N) is 3. The van der Waals surface area contributed by atoms with Crippen LogP contribution in [-0.4, -0.2) is 67.3 Å². The first kappa shape index (κ1) is 23.2. The summed E-state index contributed by atoms with van der Waals surface area (Å²) in [7, 11) is 3.47. The number of nitrogens with one attached hydrogen (secondary N) is 2. The Hall–Kier alpha value is -2.09. The minimum atomic E-state index is -0.0344. The van der Waals surface area contributed by atoms with E-state index in [1.165, 1.54) is 4.88 Å². The molecule has 0 bridgehead atoms. The van der Waals surface area contributed by atoms with Crippen molar-refractivity contribution in [3.8, 4) is 0 Å². The van der Waals surface area contributed by atoms with Gasteiger partial charge in [-0.25, -0.2) is 4.99 Å². The third-order valence-electron chi connectivity index (χ3n) is 5.36. The first-order valence-electron chi connectivity index (χ1n) is 10.5. The number of likely N-dealkylation sites (tertiary alicyclic amines) is 1. The number of rotatable bonds is 8. The topological polar surface area (TPSA) is 77.0 Å². The van der Waals surface area contributed by atoms with Crippen molar-refractivity contribution in [2.75, 3.05) is 33.7 Å². The van der Waals surface area contributed by atoms with E-state index in [9.17, 15) is 9.59 Å². The lowest BCUT2D eigenvalue weighted by Crippen LogP contribution is -2.50. The summed E-state index contributed by atoms with van der Waals surface area (Å²) in [5.41, 5.74) is 0. The summed E-state index contributed by atoms with van der Waals surface area (Å²) in [6.45, 7) is 6.48. The average molecular weight is 422 g/mol. The fraction of sp³-hybridized carbons (Fsp3) is 0.667. The zero-order valence-corrected chi connectivity index (χ0v) is 18.9. The third-order valence-corrected chi connectivity index (χ3v) is 6.24. The summed E-state index contributed by atoms with van der Waals surface area (Å²) in [5.74, 6) is 1.04. The summed E-state index contributed by atoms with van der Waals surface area (Å²) in [6, 6.07) is 4.33. The first-order valence-corrected chi connectivity index (χ1v) is 11.4. The van der Waals surface area contributed by atoms with Crippen molar-refractivity contribution < 1.29 is 9.59 Å². The lowest BCUT2D eigenvalue weighted by Gasteiger charge is -2.35. The van der Waals surface area contributed by atoms with Crippen molar-refractivity contribution in [3.05, 3.63) is 22.4 Å². The largest absolute Gasteiger partial charge is 0.354 e. The number of likely N-dealkylation sites (N-methyl/N-ethyl adjacent to an activating group) is 1. The number of carbonyl (C=O) groups excluding carboxylic acids is 2. The molecule has 1 fully saturated rings. The normalized spacial score (nSPS) is 15.5. The molecule has 1 aromatic rings. The molecule has 2 amide bonds. The molecular weight excluding hydrogens is 386 g/mol. The van der Waals surface area contributed by atoms with Crippen molar-refractivity contribution in [2.45, 2.75) is 52.1 Å². The van der Waals surface area contributed by atoms with Crippen LogP contribution in [0.5, 0.6) is 0 Å². The Balaban J connectivity index is 1.91. The number of hydrogen-bond donors (Lipinski definition) is 2. The van der Waals surface area contributed by atoms with E-state index in [1.54, 1.807) is 30.3 Å². The molecule has 0 spiro atoms. The van der Waals surface area contributed by atoms with Crippen LogP contribution in [-0.2, 0) is 16.1 Å². The zero-order chi connectivity index (χ0) is 21.2. The van der Waals surface area contributed by atoms with Gasteiger partial charge in [0.2, 0.25) is 11.8 Å². The Morgan fingerprint density at radius 1 is 1.28 bits per heavy atom. The van der Waals surface area contributed by atoms with Crippen LogP contribution >= 0.6 is 11.3 Å². The molecule has 0 unspecified atom stereocenters. The Morgan fingerprint density at radius 3 is 2.52 bits per heavy atom. The number of carbonyl (C=O) groups is 2. The van der Waals surface area contributed by atoms with E-state index < -0.39 is 0 Å². The molecule has 1 saturated heterocycles. The van der Waals surface area contributed by atoms with Crippen LogP contribution < -0.4 is 10.6 Å². The Morgan fingerprint density at radius 2 is 1.97 bits per heavy atom. The molecule has 162 valence electrons. The van der Waals surface area contributed by atoms with Gasteiger partial charge < -0.3 is 20.4 Å². The highest BCUT2D eigenvalue weighted by atomic mass is 32.1. The van der Waals surface area contributed by atoms with Crippen LogP contribution in [0.4, 0.5) is 0 Å². The molecule has 1 aliphatic rings. The van der Waals surface area contributed by atoms with Gasteiger partial charge in [0, 0.05) is 44.0 Å². The average Bonchev–Trinajstić information content (AvgIpc) is 3.24. The maximum absolute atomic E-state index is 12.6. The van der Waals surface area contributed by atoms with Gasteiger partial charge in [-0.05, 0) is 37.1 Å². The van der Waals surface area contributed by atoms with Crippen LogP contribution in [0, 0.1) is 5.92 Å². The van der Waals surface area contributed by atoms with Crippen molar-refractivity contribution in [2.24, 2.45) is 10.9 Å². The molecule has 2 N–H and O–H groups in total. The third kappa shape index (κ3) is 7.34. The molecule has 7 nitrogen and oxygen atoms in total. The van der Waals surface area contributed by atoms with Gasteiger partial charge in [0.15, 0.2) is 5.96 Å². The highest BCUT2D eigenvalue weighted by Gasteiger charge is 2.26. The minimum absolute atomic E-state index is 0.0344. The molecule has 0 saturated carbocycles. The predicted molar refractivity (Wildman–Crippen MR) is 119 cm³/mol. The lowest BCUT2D eigenvalue weighted by molar-refractivity contribution is -0.136. The van der Waals surface area contributed by atoms with Gasteiger partial charge in [0.1, 0.15) is 6.54 Å². The summed E-state index contributed by atoms with van der Waals surface area (Å²) in [5, 5.41) is 8.84. The van der Waals surface area contributed by atoms with E-state index in [2.05, 4.69) is 35.5 Å². The second kappa shape index (κ2) is 11.8. The SMILES string of the molecule is CCC(CC)C(=O)N1CCC(NC(=NCC(=O)N(C)C)NCc2cccs2)CC1. The number of amides is 2. The highest BCUT2D eigenvalue weighted by molar-refractivity contribution is 7.09. The van der Waals surface area contributed by atoms with E-state index in [1.807, 2.05) is 16.3 Å². The zero-order valence-electron chi connectivity index (χ0n) is 18.1. The number of guanidine groups is 1. The van der Waals surface area contributed by atoms with Crippen LogP contribution in [0.3, 0.4) is 0 Å². The van der Waals surface area contributed by atoms with Crippen molar-refractivity contribution in [1.82, 2.24) is 20.4 Å². The van der Waals surface area contributed by atoms with Crippen LogP contribution in [0.25, 0.3) is 0 Å². The van der Waals surface area contributed by atoms with E-state index in [4.69, 9.17) is 0 Å². The summed E-state index contributed by atoms with van der Waals surface area (Å²) in [4.78, 5) is 33.8. The maximum atomic E-state index is 12.6. The Kier molecular flexibility index (Phi) is 9.44. The summed E-state index contributed by atoms with van der Waals surface area (Å²) >= 11 is 1.69. The summed E-state index contributed by atoms with van der Waals surface area (Å²) in [6.07, 6.45) is 3.56. The van der Waals surface area contributed by atoms with Crippen molar-refractivity contribution in [1.29, 1.82) is 0 Å². The lowest BCUT2D eigenvalue weighted by atomic mass is 9.98. The molecule has 8 heteroatoms. The number of aliphatic imine (C=N–C) groups is 1. The molecule has 0 aromatic carbocycles. The van der Waals surface area contributed by atoms with Gasteiger partial charge in [-0.3, -0.25) is 9.59 Å². The van der Waals surface area contributed by atoms with Crippen LogP contribution in [0.1, 0.15) is 44.4 Å². The number of thiophene rings is 1. The fourth-order valence-corrected chi connectivity index (χ4v) is 4.00. The van der Waals surface area contributed by atoms with Crippen LogP contribution in [0.2, 0.25) is 0 Å². The monoisotopic (exact) mass is 421 g/mol. The van der Waals surface area contributed by atoms with E-state index >= 15 is 0 Å². The standard InChI is InChI=1S/C21H35N5O2S/c1-5-16(6-2)20(28)26-11-9-17(10-12-26)24-21(23-15-19(27)25(3)4)22-14-18-8-7-13-29-18/h7-8,13,16-17H,5-6,9-12,14-15H2,1-4H3,(H2,22,23,24). The fourth-order valence-electron chi connectivity index (χ4n) is 3.36. The van der Waals surface area contributed by atoms with Gasteiger partial charge >= 0.3 is 0 Å². The molecule has 2 heterocycles. The van der Waals surface area contributed by atoms with Crippen molar-refractivity contribution >= 4 is 29.1 Å². The van der Waals surface area contributed by atoms with Gasteiger partial charge in [0.25, 0.3) is 0 Å². The van der Waals surface area contributed by atoms with E-state index in [0.717, 1.165) is 38.8 Å². The van der Waals surface area contributed by atoms with Gasteiger partial charge in [-0.1, -0.05) is 19.9 Å². The smallest absolute Gasteiger partial charge is 0.243 e. The molecule has 1 aromatic heterocycles. The quantitative estimate of drug-likeness (QED) is 0.499. The van der Waals surface area contributed by atoms with Gasteiger partial charge in [-0.15, -0.1) is 11.3 Å². The van der Waals surface area contributed by atoms with E-state index in [0.29, 0.717) is 12.5 Å². The summed E-state index contributed by atoms with van der Waals surface area (Å²) < 4.78 is 0. The molecule has 29 heavy (non-hydrogen) atoms. The number of piperidine rings is 1. The molecule has 1 aliphatic heterocycles. The minimum Gasteiger partial charge on any atom is -0.354 e. The predicted octanol–water partition coefficient (Wildman–Crippen LogP) is 2.30. The molecule has 2 rings (SSSR count). The van der Waals surface area contributed by atoms with Gasteiger partial charge in [-0.2, -0.15) is 0 Å². The maximum Gasteiger partial charge on any atom is 0.243 e. The number of hydrogen-bond acceptors (Lipinski definition) is 4. The van der Waals surface area contributed by atoms with Gasteiger partial charge in [0.05, 0.1) is 6.54 Å². The van der Waals surface area contributed by atoms with E-state index in [-0.39, 0.29) is 30.3 Å². The second-order valence-corrected chi connectivity index (χ2v) is 8.68. The van der Waals surface area contributed by atoms with Crippen molar-refractivity contribution in [3.63, 3.8) is 0 Å². The molecule has 0 aliphatic carbocycles. The Bertz CT molecular complexity index is 663. The molecular formula is C21H35N5O2S. The first-order chi connectivity index (χ1) is 13.9. The molecule has 0 atom stereocenters. The Labute approximate surface area is 178 Å².